The van der Waals surface area contributed by atoms with E-state index in [-0.39, 0.29) is 11.9 Å². The fourth-order valence-corrected chi connectivity index (χ4v) is 2.30. The molecule has 2 rings (SSSR count). The first kappa shape index (κ1) is 13.1. The summed E-state index contributed by atoms with van der Waals surface area (Å²) in [5.74, 6) is 0.132. The number of piperidine rings is 1. The second-order valence-corrected chi connectivity index (χ2v) is 5.14. The maximum atomic E-state index is 11.9. The number of benzene rings is 1. The van der Waals surface area contributed by atoms with Crippen LogP contribution in [0.3, 0.4) is 0 Å². The van der Waals surface area contributed by atoms with Crippen LogP contribution >= 0.6 is 0 Å². The van der Waals surface area contributed by atoms with Crippen molar-refractivity contribution in [1.29, 1.82) is 0 Å². The maximum Gasteiger partial charge on any atom is 0.237 e. The zero-order valence-corrected chi connectivity index (χ0v) is 11.3. The summed E-state index contributed by atoms with van der Waals surface area (Å²) in [4.78, 5) is 11.9. The first-order valence-corrected chi connectivity index (χ1v) is 6.74. The zero-order chi connectivity index (χ0) is 13.0. The van der Waals surface area contributed by atoms with E-state index in [0.29, 0.717) is 6.54 Å². The average molecular weight is 246 g/mol. The van der Waals surface area contributed by atoms with Gasteiger partial charge in [0.2, 0.25) is 5.91 Å². The molecule has 0 saturated carbocycles. The third-order valence-corrected chi connectivity index (χ3v) is 3.66. The van der Waals surface area contributed by atoms with Gasteiger partial charge in [-0.25, -0.2) is 0 Å². The van der Waals surface area contributed by atoms with Crippen LogP contribution in [0.5, 0.6) is 0 Å². The molecule has 1 unspecified atom stereocenters. The van der Waals surface area contributed by atoms with Crippen LogP contribution < -0.4 is 10.6 Å². The van der Waals surface area contributed by atoms with E-state index in [2.05, 4.69) is 42.7 Å². The normalized spacial score (nSPS) is 19.6. The minimum Gasteiger partial charge on any atom is -0.351 e. The number of aryl methyl sites for hydroxylation is 2. The molecule has 98 valence electrons. The molecule has 1 aliphatic rings. The van der Waals surface area contributed by atoms with E-state index in [1.165, 1.54) is 23.1 Å². The molecule has 0 bridgehead atoms. The molecular formula is C15H22N2O. The Hall–Kier alpha value is -1.35. The molecule has 0 aromatic heterocycles. The van der Waals surface area contributed by atoms with E-state index < -0.39 is 0 Å². The van der Waals surface area contributed by atoms with Crippen molar-refractivity contribution in [3.63, 3.8) is 0 Å². The van der Waals surface area contributed by atoms with Gasteiger partial charge in [-0.1, -0.05) is 24.6 Å². The lowest BCUT2D eigenvalue weighted by Crippen LogP contribution is -2.46. The number of hydrogen-bond acceptors (Lipinski definition) is 2. The highest BCUT2D eigenvalue weighted by Crippen LogP contribution is 2.10. The van der Waals surface area contributed by atoms with Crippen molar-refractivity contribution >= 4 is 5.91 Å². The van der Waals surface area contributed by atoms with Crippen LogP contribution in [-0.4, -0.2) is 18.5 Å². The van der Waals surface area contributed by atoms with E-state index in [9.17, 15) is 4.79 Å². The summed E-state index contributed by atoms with van der Waals surface area (Å²) in [6.45, 7) is 5.78. The van der Waals surface area contributed by atoms with E-state index in [4.69, 9.17) is 0 Å². The smallest absolute Gasteiger partial charge is 0.237 e. The first-order valence-electron chi connectivity index (χ1n) is 6.74. The molecule has 3 heteroatoms. The van der Waals surface area contributed by atoms with Crippen LogP contribution in [0.4, 0.5) is 0 Å². The number of hydrogen-bond donors (Lipinski definition) is 2. The standard InChI is InChI=1S/C15H22N2O/c1-11-6-7-13(9-12(11)2)10-17-15(18)14-5-3-4-8-16-14/h6-7,9,14,16H,3-5,8,10H2,1-2H3,(H,17,18). The molecule has 1 atom stereocenters. The third-order valence-electron chi connectivity index (χ3n) is 3.66. The Morgan fingerprint density at radius 3 is 2.83 bits per heavy atom. The maximum absolute atomic E-state index is 11.9. The van der Waals surface area contributed by atoms with E-state index >= 15 is 0 Å². The van der Waals surface area contributed by atoms with Crippen molar-refractivity contribution < 1.29 is 4.79 Å². The highest BCUT2D eigenvalue weighted by molar-refractivity contribution is 5.81. The molecule has 1 heterocycles. The molecule has 1 fully saturated rings. The lowest BCUT2D eigenvalue weighted by Gasteiger charge is -2.22. The van der Waals surface area contributed by atoms with Gasteiger partial charge in [-0.05, 0) is 49.9 Å². The summed E-state index contributed by atoms with van der Waals surface area (Å²) < 4.78 is 0. The van der Waals surface area contributed by atoms with Crippen LogP contribution in [0.25, 0.3) is 0 Å². The Bertz CT molecular complexity index is 423. The quantitative estimate of drug-likeness (QED) is 0.857. The Morgan fingerprint density at radius 2 is 2.17 bits per heavy atom. The van der Waals surface area contributed by atoms with Crippen molar-refractivity contribution in [2.75, 3.05) is 6.54 Å². The number of amides is 1. The molecule has 0 spiro atoms. The van der Waals surface area contributed by atoms with Gasteiger partial charge in [0.25, 0.3) is 0 Å². The second-order valence-electron chi connectivity index (χ2n) is 5.14. The summed E-state index contributed by atoms with van der Waals surface area (Å²) in [6, 6.07) is 6.33. The molecule has 1 saturated heterocycles. The number of nitrogens with one attached hydrogen (secondary N) is 2. The summed E-state index contributed by atoms with van der Waals surface area (Å²) in [6.07, 6.45) is 3.29. The summed E-state index contributed by atoms with van der Waals surface area (Å²) in [7, 11) is 0. The predicted octanol–water partition coefficient (Wildman–Crippen LogP) is 2.06. The lowest BCUT2D eigenvalue weighted by molar-refractivity contribution is -0.123. The minimum atomic E-state index is 0.00490. The first-order chi connectivity index (χ1) is 8.66. The molecule has 1 aromatic carbocycles. The molecule has 0 aliphatic carbocycles. The van der Waals surface area contributed by atoms with Gasteiger partial charge in [-0.2, -0.15) is 0 Å². The molecule has 3 nitrogen and oxygen atoms in total. The van der Waals surface area contributed by atoms with Gasteiger partial charge in [0.05, 0.1) is 6.04 Å². The van der Waals surface area contributed by atoms with E-state index in [0.717, 1.165) is 19.4 Å². The topological polar surface area (TPSA) is 41.1 Å². The third kappa shape index (κ3) is 3.33. The average Bonchev–Trinajstić information content (AvgIpc) is 2.41. The highest BCUT2D eigenvalue weighted by Gasteiger charge is 2.19. The van der Waals surface area contributed by atoms with Crippen molar-refractivity contribution in [2.24, 2.45) is 0 Å². The largest absolute Gasteiger partial charge is 0.351 e. The molecule has 1 aliphatic heterocycles. The van der Waals surface area contributed by atoms with Crippen LogP contribution in [0.1, 0.15) is 36.0 Å². The van der Waals surface area contributed by atoms with Crippen LogP contribution in [-0.2, 0) is 11.3 Å². The van der Waals surface area contributed by atoms with Crippen LogP contribution in [0, 0.1) is 13.8 Å². The summed E-state index contributed by atoms with van der Waals surface area (Å²) >= 11 is 0. The summed E-state index contributed by atoms with van der Waals surface area (Å²) in [5.41, 5.74) is 3.74. The number of carbonyl (C=O) groups excluding carboxylic acids is 1. The van der Waals surface area contributed by atoms with Gasteiger partial charge in [0, 0.05) is 6.54 Å². The Kier molecular flexibility index (Phi) is 4.37. The number of rotatable bonds is 3. The van der Waals surface area contributed by atoms with Gasteiger partial charge in [0.1, 0.15) is 0 Å². The molecule has 18 heavy (non-hydrogen) atoms. The van der Waals surface area contributed by atoms with Crippen molar-refractivity contribution in [2.45, 2.75) is 45.7 Å². The van der Waals surface area contributed by atoms with Crippen molar-refractivity contribution in [3.8, 4) is 0 Å². The Morgan fingerprint density at radius 1 is 1.33 bits per heavy atom. The zero-order valence-electron chi connectivity index (χ0n) is 11.3. The fourth-order valence-electron chi connectivity index (χ4n) is 2.30. The number of carbonyl (C=O) groups is 1. The van der Waals surface area contributed by atoms with Gasteiger partial charge in [-0.3, -0.25) is 4.79 Å². The highest BCUT2D eigenvalue weighted by atomic mass is 16.2. The predicted molar refractivity (Wildman–Crippen MR) is 73.4 cm³/mol. The monoisotopic (exact) mass is 246 g/mol. The molecule has 1 aromatic rings. The molecule has 1 amide bonds. The van der Waals surface area contributed by atoms with Crippen LogP contribution in [0.2, 0.25) is 0 Å². The Labute approximate surface area is 109 Å². The van der Waals surface area contributed by atoms with Gasteiger partial charge in [-0.15, -0.1) is 0 Å². The molecule has 2 N–H and O–H groups in total. The lowest BCUT2D eigenvalue weighted by atomic mass is 10.0. The van der Waals surface area contributed by atoms with E-state index in [1.54, 1.807) is 0 Å². The van der Waals surface area contributed by atoms with Gasteiger partial charge < -0.3 is 10.6 Å². The molecular weight excluding hydrogens is 224 g/mol. The van der Waals surface area contributed by atoms with Crippen molar-refractivity contribution in [3.05, 3.63) is 34.9 Å². The van der Waals surface area contributed by atoms with Crippen molar-refractivity contribution in [1.82, 2.24) is 10.6 Å². The minimum absolute atomic E-state index is 0.00490. The molecule has 0 radical (unpaired) electrons. The fraction of sp³-hybridized carbons (Fsp3) is 0.533. The second kappa shape index (κ2) is 6.01. The van der Waals surface area contributed by atoms with Gasteiger partial charge >= 0.3 is 0 Å². The summed E-state index contributed by atoms with van der Waals surface area (Å²) in [5, 5.41) is 6.28. The van der Waals surface area contributed by atoms with E-state index in [1.807, 2.05) is 0 Å². The SMILES string of the molecule is Cc1ccc(CNC(=O)C2CCCCN2)cc1C. The van der Waals surface area contributed by atoms with Crippen LogP contribution in [0.15, 0.2) is 18.2 Å². The van der Waals surface area contributed by atoms with Gasteiger partial charge in [0.15, 0.2) is 0 Å². The Balaban J connectivity index is 1.86.